The van der Waals surface area contributed by atoms with Crippen LogP contribution in [0.2, 0.25) is 0 Å². The molecule has 0 aliphatic carbocycles. The van der Waals surface area contributed by atoms with Gasteiger partial charge in [-0.25, -0.2) is 13.8 Å². The predicted octanol–water partition coefficient (Wildman–Crippen LogP) is 3.36. The predicted molar refractivity (Wildman–Crippen MR) is 62.6 cm³/mol. The summed E-state index contributed by atoms with van der Waals surface area (Å²) in [6.07, 6.45) is -8.29. The number of carbonyl (C=O) groups is 1. The molecule has 0 atom stereocenters. The second kappa shape index (κ2) is 5.97. The lowest BCUT2D eigenvalue weighted by Crippen LogP contribution is -2.18. The Hall–Kier alpha value is -1.00. The van der Waals surface area contributed by atoms with Crippen LogP contribution in [-0.2, 0) is 22.1 Å². The van der Waals surface area contributed by atoms with Gasteiger partial charge >= 0.3 is 12.1 Å². The molecule has 0 amide bonds. The second-order valence-corrected chi connectivity index (χ2v) is 4.43. The lowest BCUT2D eigenvalue weighted by molar-refractivity contribution is -0.142. The summed E-state index contributed by atoms with van der Waals surface area (Å²) in [7, 11) is 0.962. The molecule has 19 heavy (non-hydrogen) atoms. The standard InChI is InChI=1S/C10H7F5INO2/c1-19-6(18)2-4-5(8(11)12)3-17-9(16)7(4)10(13,14)15/h3,8H,2H2,1H3. The Morgan fingerprint density at radius 3 is 2.47 bits per heavy atom. The molecular formula is C10H7F5INO2. The second-order valence-electron chi connectivity index (χ2n) is 3.41. The van der Waals surface area contributed by atoms with Crippen molar-refractivity contribution in [3.05, 3.63) is 26.6 Å². The van der Waals surface area contributed by atoms with Crippen LogP contribution in [0, 0.1) is 3.70 Å². The molecular weight excluding hydrogens is 388 g/mol. The number of methoxy groups -OCH3 is 1. The van der Waals surface area contributed by atoms with Crippen molar-refractivity contribution in [2.45, 2.75) is 19.0 Å². The maximum atomic E-state index is 12.9. The van der Waals surface area contributed by atoms with Crippen molar-refractivity contribution in [1.82, 2.24) is 4.98 Å². The minimum absolute atomic E-state index is 0.492. The van der Waals surface area contributed by atoms with Gasteiger partial charge in [0.2, 0.25) is 0 Å². The topological polar surface area (TPSA) is 39.2 Å². The Balaban J connectivity index is 3.50. The van der Waals surface area contributed by atoms with Gasteiger partial charge in [0.05, 0.1) is 19.1 Å². The highest BCUT2D eigenvalue weighted by Gasteiger charge is 2.39. The molecule has 0 aliphatic heterocycles. The molecule has 0 N–H and O–H groups in total. The summed E-state index contributed by atoms with van der Waals surface area (Å²) in [5, 5.41) is 0. The van der Waals surface area contributed by atoms with E-state index in [9.17, 15) is 26.7 Å². The van der Waals surface area contributed by atoms with E-state index in [1.54, 1.807) is 0 Å². The van der Waals surface area contributed by atoms with E-state index in [1.807, 2.05) is 0 Å². The number of aromatic nitrogens is 1. The van der Waals surface area contributed by atoms with Gasteiger partial charge in [0.15, 0.2) is 0 Å². The van der Waals surface area contributed by atoms with Crippen molar-refractivity contribution in [3.63, 3.8) is 0 Å². The van der Waals surface area contributed by atoms with Gasteiger partial charge in [-0.3, -0.25) is 4.79 Å². The Bertz CT molecular complexity index is 490. The summed E-state index contributed by atoms with van der Waals surface area (Å²) in [6.45, 7) is 0. The lowest BCUT2D eigenvalue weighted by atomic mass is 10.0. The van der Waals surface area contributed by atoms with Crippen molar-refractivity contribution in [2.24, 2.45) is 0 Å². The summed E-state index contributed by atoms with van der Waals surface area (Å²) in [4.78, 5) is 14.4. The number of esters is 1. The molecule has 1 heterocycles. The van der Waals surface area contributed by atoms with Crippen molar-refractivity contribution in [1.29, 1.82) is 0 Å². The Morgan fingerprint density at radius 1 is 1.47 bits per heavy atom. The van der Waals surface area contributed by atoms with Gasteiger partial charge < -0.3 is 4.74 Å². The third kappa shape index (κ3) is 3.74. The summed E-state index contributed by atoms with van der Waals surface area (Å²) in [6, 6.07) is 0. The first-order valence-electron chi connectivity index (χ1n) is 4.78. The molecule has 0 bridgehead atoms. The zero-order valence-corrected chi connectivity index (χ0v) is 11.6. The summed E-state index contributed by atoms with van der Waals surface area (Å²) >= 11 is 1.28. The number of halogens is 6. The van der Waals surface area contributed by atoms with Crippen LogP contribution in [0.5, 0.6) is 0 Å². The van der Waals surface area contributed by atoms with Crippen LogP contribution in [0.25, 0.3) is 0 Å². The summed E-state index contributed by atoms with van der Waals surface area (Å²) in [5.41, 5.74) is -3.04. The fourth-order valence-electron chi connectivity index (χ4n) is 1.42. The molecule has 1 aromatic heterocycles. The van der Waals surface area contributed by atoms with E-state index in [0.717, 1.165) is 7.11 Å². The molecule has 0 unspecified atom stereocenters. The van der Waals surface area contributed by atoms with Crippen LogP contribution in [0.1, 0.15) is 23.1 Å². The fourth-order valence-corrected chi connectivity index (χ4v) is 2.19. The van der Waals surface area contributed by atoms with E-state index >= 15 is 0 Å². The third-order valence-corrected chi connectivity index (χ3v) is 3.06. The highest BCUT2D eigenvalue weighted by molar-refractivity contribution is 14.1. The van der Waals surface area contributed by atoms with E-state index < -0.39 is 45.4 Å². The first-order valence-corrected chi connectivity index (χ1v) is 5.85. The van der Waals surface area contributed by atoms with E-state index in [0.29, 0.717) is 6.20 Å². The largest absolute Gasteiger partial charge is 0.469 e. The number of carbonyl (C=O) groups excluding carboxylic acids is 1. The number of pyridine rings is 1. The van der Waals surface area contributed by atoms with Crippen molar-refractivity contribution in [3.8, 4) is 0 Å². The van der Waals surface area contributed by atoms with Crippen LogP contribution in [0.15, 0.2) is 6.20 Å². The van der Waals surface area contributed by atoms with Crippen LogP contribution < -0.4 is 0 Å². The van der Waals surface area contributed by atoms with Crippen molar-refractivity contribution in [2.75, 3.05) is 7.11 Å². The molecule has 0 spiro atoms. The summed E-state index contributed by atoms with van der Waals surface area (Å²) < 4.78 is 67.8. The zero-order chi connectivity index (χ0) is 14.8. The molecule has 1 aromatic rings. The number of hydrogen-bond donors (Lipinski definition) is 0. The van der Waals surface area contributed by atoms with Crippen LogP contribution in [0.3, 0.4) is 0 Å². The maximum Gasteiger partial charge on any atom is 0.419 e. The first kappa shape index (κ1) is 16.1. The first-order chi connectivity index (χ1) is 8.68. The van der Waals surface area contributed by atoms with Crippen LogP contribution >= 0.6 is 22.6 Å². The average molecular weight is 395 g/mol. The molecule has 9 heteroatoms. The average Bonchev–Trinajstić information content (AvgIpc) is 2.26. The third-order valence-electron chi connectivity index (χ3n) is 2.24. The highest BCUT2D eigenvalue weighted by Crippen LogP contribution is 2.38. The van der Waals surface area contributed by atoms with Gasteiger partial charge in [0, 0.05) is 11.8 Å². The van der Waals surface area contributed by atoms with Gasteiger partial charge in [-0.2, -0.15) is 13.2 Å². The van der Waals surface area contributed by atoms with Gasteiger partial charge in [0.1, 0.15) is 3.70 Å². The molecule has 0 aromatic carbocycles. The minimum Gasteiger partial charge on any atom is -0.469 e. The van der Waals surface area contributed by atoms with E-state index in [2.05, 4.69) is 9.72 Å². The van der Waals surface area contributed by atoms with Gasteiger partial charge in [-0.15, -0.1) is 0 Å². The number of rotatable bonds is 3. The quantitative estimate of drug-likeness (QED) is 0.341. The number of ether oxygens (including phenoxy) is 1. The van der Waals surface area contributed by atoms with Gasteiger partial charge in [-0.05, 0) is 28.2 Å². The SMILES string of the molecule is COC(=O)Cc1c(C(F)F)cnc(I)c1C(F)(F)F. The highest BCUT2D eigenvalue weighted by atomic mass is 127. The smallest absolute Gasteiger partial charge is 0.419 e. The minimum atomic E-state index is -4.88. The molecule has 0 radical (unpaired) electrons. The monoisotopic (exact) mass is 395 g/mol. The Labute approximate surface area is 118 Å². The molecule has 0 fully saturated rings. The van der Waals surface area contributed by atoms with E-state index in [-0.39, 0.29) is 0 Å². The van der Waals surface area contributed by atoms with Gasteiger partial charge in [-0.1, -0.05) is 0 Å². The number of alkyl halides is 5. The van der Waals surface area contributed by atoms with Crippen LogP contribution in [-0.4, -0.2) is 18.1 Å². The Morgan fingerprint density at radius 2 is 2.05 bits per heavy atom. The van der Waals surface area contributed by atoms with E-state index in [1.165, 1.54) is 22.6 Å². The number of nitrogens with zero attached hydrogens (tertiary/aromatic N) is 1. The molecule has 0 saturated heterocycles. The molecule has 1 rings (SSSR count). The zero-order valence-electron chi connectivity index (χ0n) is 9.39. The van der Waals surface area contributed by atoms with Crippen molar-refractivity contribution < 1.29 is 31.5 Å². The summed E-state index contributed by atoms with van der Waals surface area (Å²) in [5.74, 6) is -1.03. The van der Waals surface area contributed by atoms with Crippen molar-refractivity contribution >= 4 is 28.6 Å². The molecule has 3 nitrogen and oxygen atoms in total. The molecule has 106 valence electrons. The van der Waals surface area contributed by atoms with Gasteiger partial charge in [0.25, 0.3) is 6.43 Å². The van der Waals surface area contributed by atoms with E-state index in [4.69, 9.17) is 0 Å². The lowest BCUT2D eigenvalue weighted by Gasteiger charge is -2.16. The fraction of sp³-hybridized carbons (Fsp3) is 0.400. The molecule has 0 saturated carbocycles. The molecule has 0 aliphatic rings. The number of hydrogen-bond acceptors (Lipinski definition) is 3. The normalized spacial score (nSPS) is 11.8. The maximum absolute atomic E-state index is 12.9. The van der Waals surface area contributed by atoms with Crippen LogP contribution in [0.4, 0.5) is 22.0 Å². The Kier molecular flexibility index (Phi) is 5.04.